The van der Waals surface area contributed by atoms with E-state index in [0.717, 1.165) is 17.4 Å². The molecule has 0 atom stereocenters. The van der Waals surface area contributed by atoms with Gasteiger partial charge < -0.3 is 0 Å². The summed E-state index contributed by atoms with van der Waals surface area (Å²) in [6, 6.07) is 2.00. The number of rotatable bonds is 2. The second-order valence-corrected chi connectivity index (χ2v) is 3.05. The van der Waals surface area contributed by atoms with Gasteiger partial charge in [0.1, 0.15) is 6.07 Å². The van der Waals surface area contributed by atoms with Crippen molar-refractivity contribution in [3.05, 3.63) is 16.4 Å². The Kier molecular flexibility index (Phi) is 2.66. The van der Waals surface area contributed by atoms with Crippen molar-refractivity contribution in [1.29, 1.82) is 5.26 Å². The zero-order valence-electron chi connectivity index (χ0n) is 6.21. The Hall–Kier alpha value is -0.820. The van der Waals surface area contributed by atoms with E-state index in [4.69, 9.17) is 5.26 Å². The van der Waals surface area contributed by atoms with Gasteiger partial charge in [-0.2, -0.15) is 10.4 Å². The number of nitrogens with zero attached hydrogens (tertiary/aromatic N) is 3. The predicted molar refractivity (Wildman–Crippen MR) is 44.9 cm³/mol. The summed E-state index contributed by atoms with van der Waals surface area (Å²) in [7, 11) is 0. The molecular weight excluding hydrogens is 206 g/mol. The molecule has 0 aliphatic rings. The molecule has 1 rings (SSSR count). The molecule has 0 bridgehead atoms. The number of aryl methyl sites for hydroxylation is 1. The fourth-order valence-corrected chi connectivity index (χ4v) is 1.22. The average Bonchev–Trinajstić information content (AvgIpc) is 2.32. The second-order valence-electron chi connectivity index (χ2n) is 2.20. The summed E-state index contributed by atoms with van der Waals surface area (Å²) >= 11 is 3.24. The van der Waals surface area contributed by atoms with Crippen LogP contribution in [0.1, 0.15) is 19.0 Å². The van der Waals surface area contributed by atoms with Crippen LogP contribution in [0.5, 0.6) is 0 Å². The molecule has 0 unspecified atom stereocenters. The molecule has 1 aromatic rings. The summed E-state index contributed by atoms with van der Waals surface area (Å²) in [5, 5.41) is 12.6. The molecule has 1 aromatic heterocycles. The maximum Gasteiger partial charge on any atom is 0.176 e. The Morgan fingerprint density at radius 2 is 2.55 bits per heavy atom. The Balaban J connectivity index is 2.89. The lowest BCUT2D eigenvalue weighted by atomic mass is 10.5. The monoisotopic (exact) mass is 213 g/mol. The lowest BCUT2D eigenvalue weighted by Crippen LogP contribution is -1.96. The Morgan fingerprint density at radius 3 is 3.00 bits per heavy atom. The van der Waals surface area contributed by atoms with E-state index in [-0.39, 0.29) is 0 Å². The Labute approximate surface area is 73.8 Å². The molecule has 0 aliphatic carbocycles. The molecule has 11 heavy (non-hydrogen) atoms. The maximum atomic E-state index is 8.54. The molecule has 1 heterocycles. The molecule has 0 fully saturated rings. The minimum atomic E-state index is 0.457. The van der Waals surface area contributed by atoms with Crippen LogP contribution in [0.2, 0.25) is 0 Å². The standard InChI is InChI=1S/C7H8BrN3/c1-2-3-11-5-6(8)7(4-9)10-11/h5H,2-3H2,1H3. The van der Waals surface area contributed by atoms with E-state index in [1.165, 1.54) is 0 Å². The quantitative estimate of drug-likeness (QED) is 0.754. The summed E-state index contributed by atoms with van der Waals surface area (Å²) in [6.45, 7) is 2.93. The largest absolute Gasteiger partial charge is 0.270 e. The van der Waals surface area contributed by atoms with Crippen LogP contribution in [0.25, 0.3) is 0 Å². The van der Waals surface area contributed by atoms with Gasteiger partial charge >= 0.3 is 0 Å². The van der Waals surface area contributed by atoms with Crippen LogP contribution >= 0.6 is 15.9 Å². The molecule has 0 saturated heterocycles. The minimum Gasteiger partial charge on any atom is -0.270 e. The Bertz CT molecular complexity index is 284. The SMILES string of the molecule is CCCn1cc(Br)c(C#N)n1. The zero-order valence-corrected chi connectivity index (χ0v) is 7.80. The molecule has 0 amide bonds. The van der Waals surface area contributed by atoms with Gasteiger partial charge in [-0.25, -0.2) is 0 Å². The Morgan fingerprint density at radius 1 is 1.82 bits per heavy atom. The molecule has 0 N–H and O–H groups in total. The third kappa shape index (κ3) is 1.81. The van der Waals surface area contributed by atoms with Gasteiger partial charge in [-0.05, 0) is 22.4 Å². The highest BCUT2D eigenvalue weighted by atomic mass is 79.9. The normalized spacial score (nSPS) is 9.55. The number of aromatic nitrogens is 2. The van der Waals surface area contributed by atoms with Crippen molar-refractivity contribution in [2.45, 2.75) is 19.9 Å². The molecule has 3 nitrogen and oxygen atoms in total. The first-order valence-electron chi connectivity index (χ1n) is 3.41. The topological polar surface area (TPSA) is 41.6 Å². The van der Waals surface area contributed by atoms with Gasteiger partial charge in [0.15, 0.2) is 5.69 Å². The molecule has 0 radical (unpaired) electrons. The number of hydrogen-bond donors (Lipinski definition) is 0. The maximum absolute atomic E-state index is 8.54. The third-order valence-corrected chi connectivity index (χ3v) is 1.86. The van der Waals surface area contributed by atoms with Crippen LogP contribution < -0.4 is 0 Å². The van der Waals surface area contributed by atoms with Crippen LogP contribution in [-0.2, 0) is 6.54 Å². The van der Waals surface area contributed by atoms with Gasteiger partial charge in [-0.3, -0.25) is 4.68 Å². The summed E-state index contributed by atoms with van der Waals surface area (Å²) in [5.41, 5.74) is 0.457. The van der Waals surface area contributed by atoms with Crippen molar-refractivity contribution >= 4 is 15.9 Å². The fourth-order valence-electron chi connectivity index (χ4n) is 0.816. The van der Waals surface area contributed by atoms with Crippen LogP contribution in [-0.4, -0.2) is 9.78 Å². The summed E-state index contributed by atoms with van der Waals surface area (Å²) in [5.74, 6) is 0. The fraction of sp³-hybridized carbons (Fsp3) is 0.429. The highest BCUT2D eigenvalue weighted by Gasteiger charge is 2.03. The van der Waals surface area contributed by atoms with Crippen LogP contribution in [0.3, 0.4) is 0 Å². The molecular formula is C7H8BrN3. The van der Waals surface area contributed by atoms with Crippen molar-refractivity contribution in [2.24, 2.45) is 0 Å². The third-order valence-electron chi connectivity index (χ3n) is 1.28. The van der Waals surface area contributed by atoms with Gasteiger partial charge in [0, 0.05) is 12.7 Å². The van der Waals surface area contributed by atoms with Crippen LogP contribution in [0.15, 0.2) is 10.7 Å². The van der Waals surface area contributed by atoms with Crippen LogP contribution in [0, 0.1) is 11.3 Å². The molecule has 0 saturated carbocycles. The minimum absolute atomic E-state index is 0.457. The van der Waals surface area contributed by atoms with E-state index in [9.17, 15) is 0 Å². The lowest BCUT2D eigenvalue weighted by Gasteiger charge is -1.93. The van der Waals surface area contributed by atoms with Crippen LogP contribution in [0.4, 0.5) is 0 Å². The van der Waals surface area contributed by atoms with Gasteiger partial charge in [0.05, 0.1) is 4.47 Å². The molecule has 0 spiro atoms. The van der Waals surface area contributed by atoms with Crippen molar-refractivity contribution in [2.75, 3.05) is 0 Å². The number of hydrogen-bond acceptors (Lipinski definition) is 2. The summed E-state index contributed by atoms with van der Waals surface area (Å²) in [6.07, 6.45) is 2.85. The van der Waals surface area contributed by atoms with Crippen molar-refractivity contribution in [3.63, 3.8) is 0 Å². The van der Waals surface area contributed by atoms with Gasteiger partial charge in [-0.1, -0.05) is 6.92 Å². The van der Waals surface area contributed by atoms with E-state index in [2.05, 4.69) is 28.0 Å². The zero-order chi connectivity index (χ0) is 8.27. The summed E-state index contributed by atoms with van der Waals surface area (Å²) < 4.78 is 2.54. The van der Waals surface area contributed by atoms with Gasteiger partial charge in [0.25, 0.3) is 0 Å². The highest BCUT2D eigenvalue weighted by molar-refractivity contribution is 9.10. The average molecular weight is 214 g/mol. The van der Waals surface area contributed by atoms with E-state index in [0.29, 0.717) is 5.69 Å². The number of halogens is 1. The lowest BCUT2D eigenvalue weighted by molar-refractivity contribution is 0.601. The second kappa shape index (κ2) is 3.54. The summed E-state index contributed by atoms with van der Waals surface area (Å²) in [4.78, 5) is 0. The van der Waals surface area contributed by atoms with Crippen molar-refractivity contribution in [1.82, 2.24) is 9.78 Å². The van der Waals surface area contributed by atoms with Crippen molar-refractivity contribution in [3.8, 4) is 6.07 Å². The van der Waals surface area contributed by atoms with E-state index in [1.807, 2.05) is 12.3 Å². The van der Waals surface area contributed by atoms with Gasteiger partial charge in [0.2, 0.25) is 0 Å². The van der Waals surface area contributed by atoms with Crippen molar-refractivity contribution < 1.29 is 0 Å². The van der Waals surface area contributed by atoms with E-state index >= 15 is 0 Å². The van der Waals surface area contributed by atoms with E-state index in [1.54, 1.807) is 4.68 Å². The first kappa shape index (κ1) is 8.28. The molecule has 4 heteroatoms. The molecule has 0 aromatic carbocycles. The highest BCUT2D eigenvalue weighted by Crippen LogP contribution is 2.13. The first-order chi connectivity index (χ1) is 5.27. The number of nitriles is 1. The first-order valence-corrected chi connectivity index (χ1v) is 4.20. The molecule has 0 aliphatic heterocycles. The van der Waals surface area contributed by atoms with Gasteiger partial charge in [-0.15, -0.1) is 0 Å². The van der Waals surface area contributed by atoms with E-state index < -0.39 is 0 Å². The smallest absolute Gasteiger partial charge is 0.176 e. The predicted octanol–water partition coefficient (Wildman–Crippen LogP) is 1.93. The molecule has 58 valence electrons.